The highest BCUT2D eigenvalue weighted by molar-refractivity contribution is 7.89. The van der Waals surface area contributed by atoms with Crippen LogP contribution in [0.4, 0.5) is 0 Å². The van der Waals surface area contributed by atoms with Gasteiger partial charge in [-0.25, -0.2) is 13.1 Å². The molecule has 4 aromatic carbocycles. The van der Waals surface area contributed by atoms with Gasteiger partial charge in [0.05, 0.1) is 13.2 Å². The number of benzene rings is 4. The first-order chi connectivity index (χ1) is 18.5. The zero-order chi connectivity index (χ0) is 26.1. The molecule has 1 aliphatic heterocycles. The summed E-state index contributed by atoms with van der Waals surface area (Å²) >= 11 is 0. The van der Waals surface area contributed by atoms with Crippen LogP contribution in [-0.4, -0.2) is 37.8 Å². The van der Waals surface area contributed by atoms with Crippen molar-refractivity contribution in [3.05, 3.63) is 108 Å². The molecule has 0 amide bonds. The lowest BCUT2D eigenvalue weighted by Crippen LogP contribution is -2.39. The third kappa shape index (κ3) is 4.72. The van der Waals surface area contributed by atoms with Crippen LogP contribution < -0.4 is 9.46 Å². The van der Waals surface area contributed by atoms with Crippen molar-refractivity contribution in [2.45, 2.75) is 23.8 Å². The van der Waals surface area contributed by atoms with E-state index in [1.54, 1.807) is 6.07 Å². The Morgan fingerprint density at radius 1 is 0.868 bits per heavy atom. The smallest absolute Gasteiger partial charge is 0.244 e. The summed E-state index contributed by atoms with van der Waals surface area (Å²) in [5, 5.41) is 11.1. The van der Waals surface area contributed by atoms with Gasteiger partial charge in [0.2, 0.25) is 10.0 Å². The number of H-pyrrole nitrogens is 1. The van der Waals surface area contributed by atoms with Crippen molar-refractivity contribution in [3.8, 4) is 28.0 Å². The van der Waals surface area contributed by atoms with Crippen LogP contribution in [0.15, 0.2) is 102 Å². The first kappa shape index (κ1) is 24.4. The van der Waals surface area contributed by atoms with Gasteiger partial charge in [-0.1, -0.05) is 66.7 Å². The number of rotatable bonds is 8. The van der Waals surface area contributed by atoms with E-state index in [4.69, 9.17) is 4.74 Å². The van der Waals surface area contributed by atoms with Gasteiger partial charge in [-0.2, -0.15) is 0 Å². The minimum Gasteiger partial charge on any atom is -0.492 e. The van der Waals surface area contributed by atoms with Gasteiger partial charge in [0.1, 0.15) is 10.6 Å². The van der Waals surface area contributed by atoms with E-state index in [-0.39, 0.29) is 11.5 Å². The Morgan fingerprint density at radius 3 is 2.42 bits per heavy atom. The van der Waals surface area contributed by atoms with Crippen LogP contribution in [0.2, 0.25) is 0 Å². The SMILES string of the molecule is O=S(=O)(N[C@@H](CO)Cc1c[nH]c2ccccc12)c1cc(-c2cccc(-c3ccccc3)c2)cc2c1OCC2. The first-order valence-electron chi connectivity index (χ1n) is 12.7. The van der Waals surface area contributed by atoms with Crippen LogP contribution in [0, 0.1) is 0 Å². The normalized spacial score (nSPS) is 13.8. The third-order valence-corrected chi connectivity index (χ3v) is 8.55. The van der Waals surface area contributed by atoms with E-state index in [2.05, 4.69) is 27.9 Å². The number of hydrogen-bond donors (Lipinski definition) is 3. The third-order valence-electron chi connectivity index (χ3n) is 7.03. The maximum absolute atomic E-state index is 13.7. The van der Waals surface area contributed by atoms with Crippen LogP contribution >= 0.6 is 0 Å². The molecule has 0 radical (unpaired) electrons. The molecule has 2 heterocycles. The van der Waals surface area contributed by atoms with Gasteiger partial charge < -0.3 is 14.8 Å². The monoisotopic (exact) mass is 524 g/mol. The molecule has 1 aromatic heterocycles. The number of aromatic nitrogens is 1. The molecule has 1 atom stereocenters. The molecule has 0 aliphatic carbocycles. The van der Waals surface area contributed by atoms with Crippen LogP contribution in [0.1, 0.15) is 11.1 Å². The topological polar surface area (TPSA) is 91.4 Å². The van der Waals surface area contributed by atoms with E-state index < -0.39 is 16.1 Å². The van der Waals surface area contributed by atoms with Crippen molar-refractivity contribution >= 4 is 20.9 Å². The van der Waals surface area contributed by atoms with Gasteiger partial charge in [-0.15, -0.1) is 0 Å². The van der Waals surface area contributed by atoms with Crippen molar-refractivity contribution in [2.75, 3.05) is 13.2 Å². The van der Waals surface area contributed by atoms with Gasteiger partial charge >= 0.3 is 0 Å². The van der Waals surface area contributed by atoms with Crippen molar-refractivity contribution in [1.82, 2.24) is 9.71 Å². The summed E-state index contributed by atoms with van der Waals surface area (Å²) in [5.41, 5.74) is 6.66. The van der Waals surface area contributed by atoms with Crippen LogP contribution in [0.3, 0.4) is 0 Å². The molecule has 6 rings (SSSR count). The average molecular weight is 525 g/mol. The van der Waals surface area contributed by atoms with E-state index in [1.165, 1.54) is 0 Å². The minimum atomic E-state index is -3.99. The lowest BCUT2D eigenvalue weighted by Gasteiger charge is -2.18. The summed E-state index contributed by atoms with van der Waals surface area (Å²) in [6.07, 6.45) is 2.85. The molecule has 0 saturated heterocycles. The zero-order valence-corrected chi connectivity index (χ0v) is 21.5. The molecule has 0 bridgehead atoms. The number of aromatic amines is 1. The maximum Gasteiger partial charge on any atom is 0.244 e. The van der Waals surface area contributed by atoms with Gasteiger partial charge in [-0.3, -0.25) is 0 Å². The first-order valence-corrected chi connectivity index (χ1v) is 14.1. The molecule has 6 nitrogen and oxygen atoms in total. The van der Waals surface area contributed by atoms with E-state index in [9.17, 15) is 13.5 Å². The van der Waals surface area contributed by atoms with Gasteiger partial charge in [0.15, 0.2) is 0 Å². The lowest BCUT2D eigenvalue weighted by atomic mass is 9.97. The second-order valence-corrected chi connectivity index (χ2v) is 11.3. The fourth-order valence-electron chi connectivity index (χ4n) is 5.14. The second-order valence-electron chi connectivity index (χ2n) is 9.57. The van der Waals surface area contributed by atoms with Gasteiger partial charge in [-0.05, 0) is 64.1 Å². The summed E-state index contributed by atoms with van der Waals surface area (Å²) in [6, 6.07) is 29.0. The predicted octanol–water partition coefficient (Wildman–Crippen LogP) is 5.32. The van der Waals surface area contributed by atoms with Crippen LogP contribution in [0.5, 0.6) is 5.75 Å². The highest BCUT2D eigenvalue weighted by Crippen LogP contribution is 2.38. The highest BCUT2D eigenvalue weighted by atomic mass is 32.2. The fraction of sp³-hybridized carbons (Fsp3) is 0.161. The lowest BCUT2D eigenvalue weighted by molar-refractivity contribution is 0.256. The van der Waals surface area contributed by atoms with E-state index in [0.29, 0.717) is 25.2 Å². The molecule has 0 unspecified atom stereocenters. The Kier molecular flexibility index (Phi) is 6.49. The summed E-state index contributed by atoms with van der Waals surface area (Å²) in [7, 11) is -3.99. The number of fused-ring (bicyclic) bond motifs is 2. The quantitative estimate of drug-likeness (QED) is 0.256. The number of ether oxygens (including phenoxy) is 1. The van der Waals surface area contributed by atoms with Crippen LogP contribution in [0.25, 0.3) is 33.2 Å². The molecule has 0 spiro atoms. The van der Waals surface area contributed by atoms with Crippen molar-refractivity contribution < 1.29 is 18.3 Å². The molecule has 3 N–H and O–H groups in total. The number of nitrogens with one attached hydrogen (secondary N) is 2. The molecule has 0 saturated carbocycles. The van der Waals surface area contributed by atoms with Gasteiger partial charge in [0.25, 0.3) is 0 Å². The Labute approximate surface area is 222 Å². The van der Waals surface area contributed by atoms with Crippen molar-refractivity contribution in [1.29, 1.82) is 0 Å². The highest BCUT2D eigenvalue weighted by Gasteiger charge is 2.29. The van der Waals surface area contributed by atoms with Gasteiger partial charge in [0, 0.05) is 29.6 Å². The molecule has 38 heavy (non-hydrogen) atoms. The van der Waals surface area contributed by atoms with E-state index in [1.807, 2.05) is 72.9 Å². The Bertz CT molecular complexity index is 1710. The fourth-order valence-corrected chi connectivity index (χ4v) is 6.58. The number of aliphatic hydroxyl groups is 1. The van der Waals surface area contributed by atoms with Crippen LogP contribution in [-0.2, 0) is 22.9 Å². The summed E-state index contributed by atoms with van der Waals surface area (Å²) in [4.78, 5) is 3.31. The molecular formula is C31H28N2O4S. The Morgan fingerprint density at radius 2 is 1.61 bits per heavy atom. The molecule has 0 fully saturated rings. The summed E-state index contributed by atoms with van der Waals surface area (Å²) in [6.45, 7) is 0.102. The number of hydrogen-bond acceptors (Lipinski definition) is 4. The summed E-state index contributed by atoms with van der Waals surface area (Å²) < 4.78 is 36.0. The summed E-state index contributed by atoms with van der Waals surface area (Å²) in [5.74, 6) is 0.393. The number of sulfonamides is 1. The number of aliphatic hydroxyl groups excluding tert-OH is 1. The largest absolute Gasteiger partial charge is 0.492 e. The zero-order valence-electron chi connectivity index (χ0n) is 20.7. The predicted molar refractivity (Wildman–Crippen MR) is 150 cm³/mol. The van der Waals surface area contributed by atoms with E-state index >= 15 is 0 Å². The average Bonchev–Trinajstić information content (AvgIpc) is 3.60. The minimum absolute atomic E-state index is 0.102. The molecular weight excluding hydrogens is 496 g/mol. The Hall–Kier alpha value is -3.91. The molecule has 7 heteroatoms. The maximum atomic E-state index is 13.7. The standard InChI is InChI=1S/C31H28N2O4S/c34-20-27(17-26-19-32-29-12-5-4-11-28(26)29)33-38(35,36)30-18-25(16-24-13-14-37-31(24)30)23-10-6-9-22(15-23)21-7-2-1-3-8-21/h1-12,15-16,18-19,27,32-34H,13-14,17,20H2/t27-/m1/s1. The van der Waals surface area contributed by atoms with Crippen molar-refractivity contribution in [3.63, 3.8) is 0 Å². The molecule has 192 valence electrons. The molecule has 5 aromatic rings. The van der Waals surface area contributed by atoms with E-state index in [0.717, 1.165) is 44.3 Å². The molecule has 1 aliphatic rings. The number of para-hydroxylation sites is 1. The second kappa shape index (κ2) is 10.1. The Balaban J connectivity index is 1.34. The van der Waals surface area contributed by atoms with Crippen molar-refractivity contribution in [2.24, 2.45) is 0 Å².